The summed E-state index contributed by atoms with van der Waals surface area (Å²) < 4.78 is 5.75. The minimum atomic E-state index is -0.141. The maximum absolute atomic E-state index is 12.5. The normalized spacial score (nSPS) is 43.9. The number of hydrogen-bond donors (Lipinski definition) is 0. The topological polar surface area (TPSA) is 46.6 Å². The SMILES string of the molecule is O=C1C2C(C(=O)N1C1CCCCC1)[C@H]1CC[C@H]2O1. The third-order valence-corrected chi connectivity index (χ3v) is 5.26. The van der Waals surface area contributed by atoms with Crippen LogP contribution in [-0.2, 0) is 14.3 Å². The molecular formula is C14H19NO3. The van der Waals surface area contributed by atoms with Gasteiger partial charge in [-0.2, -0.15) is 0 Å². The van der Waals surface area contributed by atoms with E-state index in [1.165, 1.54) is 6.42 Å². The molecule has 1 aliphatic carbocycles. The molecule has 2 unspecified atom stereocenters. The number of nitrogens with zero attached hydrogens (tertiary/aromatic N) is 1. The van der Waals surface area contributed by atoms with Crippen LogP contribution in [-0.4, -0.2) is 35.0 Å². The smallest absolute Gasteiger partial charge is 0.236 e. The molecule has 0 aromatic heterocycles. The maximum atomic E-state index is 12.5. The molecule has 4 atom stereocenters. The minimum absolute atomic E-state index is 0.0324. The number of rotatable bonds is 1. The lowest BCUT2D eigenvalue weighted by Gasteiger charge is -2.30. The molecule has 3 saturated heterocycles. The predicted octanol–water partition coefficient (Wildman–Crippen LogP) is 1.48. The van der Waals surface area contributed by atoms with Crippen molar-refractivity contribution in [2.75, 3.05) is 0 Å². The van der Waals surface area contributed by atoms with Crippen molar-refractivity contribution in [1.82, 2.24) is 4.90 Å². The van der Waals surface area contributed by atoms with Gasteiger partial charge < -0.3 is 4.74 Å². The highest BCUT2D eigenvalue weighted by Crippen LogP contribution is 2.49. The Balaban J connectivity index is 1.62. The van der Waals surface area contributed by atoms with Crippen LogP contribution in [0.3, 0.4) is 0 Å². The summed E-state index contributed by atoms with van der Waals surface area (Å²) in [5.41, 5.74) is 0. The van der Waals surface area contributed by atoms with Crippen molar-refractivity contribution < 1.29 is 14.3 Å². The highest BCUT2D eigenvalue weighted by atomic mass is 16.5. The van der Waals surface area contributed by atoms with Gasteiger partial charge in [-0.15, -0.1) is 0 Å². The first-order valence-corrected chi connectivity index (χ1v) is 7.30. The van der Waals surface area contributed by atoms with Gasteiger partial charge in [-0.25, -0.2) is 0 Å². The molecule has 0 radical (unpaired) electrons. The van der Waals surface area contributed by atoms with Crippen LogP contribution in [0, 0.1) is 11.8 Å². The number of likely N-dealkylation sites (tertiary alicyclic amines) is 1. The number of hydrogen-bond acceptors (Lipinski definition) is 3. The third-order valence-electron chi connectivity index (χ3n) is 5.26. The standard InChI is InChI=1S/C14H19NO3/c16-13-11-9-6-7-10(18-9)12(11)14(17)15(13)8-4-2-1-3-5-8/h8-12H,1-7H2/t9-,10-,11?,12?/m1/s1. The molecule has 0 aromatic carbocycles. The largest absolute Gasteiger partial charge is 0.373 e. The molecule has 0 spiro atoms. The molecule has 1 saturated carbocycles. The van der Waals surface area contributed by atoms with Crippen LogP contribution < -0.4 is 0 Å². The molecule has 18 heavy (non-hydrogen) atoms. The second-order valence-electron chi connectivity index (χ2n) is 6.18. The zero-order valence-electron chi connectivity index (χ0n) is 10.5. The summed E-state index contributed by atoms with van der Waals surface area (Å²) in [6.07, 6.45) is 7.55. The van der Waals surface area contributed by atoms with Crippen LogP contribution in [0.15, 0.2) is 0 Å². The molecule has 4 nitrogen and oxygen atoms in total. The zero-order valence-corrected chi connectivity index (χ0v) is 10.5. The Morgan fingerprint density at radius 2 is 1.39 bits per heavy atom. The van der Waals surface area contributed by atoms with Crippen LogP contribution in [0.4, 0.5) is 0 Å². The molecular weight excluding hydrogens is 230 g/mol. The van der Waals surface area contributed by atoms with Gasteiger partial charge in [-0.05, 0) is 25.7 Å². The van der Waals surface area contributed by atoms with Crippen LogP contribution in [0.1, 0.15) is 44.9 Å². The molecule has 4 aliphatic rings. The van der Waals surface area contributed by atoms with Gasteiger partial charge >= 0.3 is 0 Å². The molecule has 4 fully saturated rings. The second kappa shape index (κ2) is 3.80. The number of imide groups is 1. The lowest BCUT2D eigenvalue weighted by atomic mass is 9.81. The maximum Gasteiger partial charge on any atom is 0.236 e. The summed E-state index contributed by atoms with van der Waals surface area (Å²) in [6.45, 7) is 0. The summed E-state index contributed by atoms with van der Waals surface area (Å²) in [7, 11) is 0. The molecule has 3 heterocycles. The fourth-order valence-corrected chi connectivity index (χ4v) is 4.43. The monoisotopic (exact) mass is 249 g/mol. The number of carbonyl (C=O) groups excluding carboxylic acids is 2. The Bertz CT molecular complexity index is 374. The zero-order chi connectivity index (χ0) is 12.3. The van der Waals surface area contributed by atoms with E-state index in [-0.39, 0.29) is 41.9 Å². The molecule has 98 valence electrons. The van der Waals surface area contributed by atoms with E-state index >= 15 is 0 Å². The number of carbonyl (C=O) groups is 2. The van der Waals surface area contributed by atoms with E-state index in [1.54, 1.807) is 4.90 Å². The molecule has 2 bridgehead atoms. The Labute approximate surface area is 107 Å². The van der Waals surface area contributed by atoms with E-state index in [2.05, 4.69) is 0 Å². The van der Waals surface area contributed by atoms with Gasteiger partial charge in [-0.3, -0.25) is 14.5 Å². The van der Waals surface area contributed by atoms with Crippen molar-refractivity contribution in [3.05, 3.63) is 0 Å². The lowest BCUT2D eigenvalue weighted by molar-refractivity contribution is -0.146. The molecule has 2 amide bonds. The highest BCUT2D eigenvalue weighted by molar-refractivity contribution is 6.06. The van der Waals surface area contributed by atoms with E-state index in [4.69, 9.17) is 4.74 Å². The van der Waals surface area contributed by atoms with E-state index in [0.717, 1.165) is 38.5 Å². The average molecular weight is 249 g/mol. The van der Waals surface area contributed by atoms with E-state index in [1.807, 2.05) is 0 Å². The predicted molar refractivity (Wildman–Crippen MR) is 63.6 cm³/mol. The van der Waals surface area contributed by atoms with Crippen molar-refractivity contribution >= 4 is 11.8 Å². The van der Waals surface area contributed by atoms with E-state index in [0.29, 0.717) is 0 Å². The second-order valence-corrected chi connectivity index (χ2v) is 6.18. The Morgan fingerprint density at radius 1 is 0.833 bits per heavy atom. The molecule has 0 N–H and O–H groups in total. The van der Waals surface area contributed by atoms with Crippen molar-refractivity contribution in [3.63, 3.8) is 0 Å². The van der Waals surface area contributed by atoms with Crippen molar-refractivity contribution in [2.24, 2.45) is 11.8 Å². The number of amides is 2. The highest BCUT2D eigenvalue weighted by Gasteiger charge is 2.63. The Kier molecular flexibility index (Phi) is 2.31. The summed E-state index contributed by atoms with van der Waals surface area (Å²) in [6, 6.07) is 0.184. The van der Waals surface area contributed by atoms with Crippen LogP contribution in [0.2, 0.25) is 0 Å². The fraction of sp³-hybridized carbons (Fsp3) is 0.857. The molecule has 0 aromatic rings. The van der Waals surface area contributed by atoms with Crippen molar-refractivity contribution in [1.29, 1.82) is 0 Å². The molecule has 4 heteroatoms. The summed E-state index contributed by atoms with van der Waals surface area (Å²) in [5, 5.41) is 0. The number of ether oxygens (including phenoxy) is 1. The summed E-state index contributed by atoms with van der Waals surface area (Å²) in [4.78, 5) is 26.7. The van der Waals surface area contributed by atoms with Crippen LogP contribution >= 0.6 is 0 Å². The van der Waals surface area contributed by atoms with Crippen LogP contribution in [0.25, 0.3) is 0 Å². The van der Waals surface area contributed by atoms with Gasteiger partial charge in [-0.1, -0.05) is 19.3 Å². The van der Waals surface area contributed by atoms with Gasteiger partial charge in [0.05, 0.1) is 24.0 Å². The van der Waals surface area contributed by atoms with Gasteiger partial charge in [0.2, 0.25) is 11.8 Å². The molecule has 4 rings (SSSR count). The third kappa shape index (κ3) is 1.30. The van der Waals surface area contributed by atoms with Gasteiger partial charge in [0.15, 0.2) is 0 Å². The van der Waals surface area contributed by atoms with E-state index in [9.17, 15) is 9.59 Å². The summed E-state index contributed by atoms with van der Waals surface area (Å²) >= 11 is 0. The fourth-order valence-electron chi connectivity index (χ4n) is 4.43. The van der Waals surface area contributed by atoms with E-state index < -0.39 is 0 Å². The quantitative estimate of drug-likeness (QED) is 0.661. The van der Waals surface area contributed by atoms with Gasteiger partial charge in [0, 0.05) is 6.04 Å². The first kappa shape index (κ1) is 11.0. The van der Waals surface area contributed by atoms with Crippen LogP contribution in [0.5, 0.6) is 0 Å². The lowest BCUT2D eigenvalue weighted by Crippen LogP contribution is -2.43. The first-order chi connectivity index (χ1) is 8.77. The van der Waals surface area contributed by atoms with Gasteiger partial charge in [0.1, 0.15) is 0 Å². The van der Waals surface area contributed by atoms with Crippen molar-refractivity contribution in [3.8, 4) is 0 Å². The van der Waals surface area contributed by atoms with Gasteiger partial charge in [0.25, 0.3) is 0 Å². The molecule has 3 aliphatic heterocycles. The Hall–Kier alpha value is -0.900. The average Bonchev–Trinajstić information content (AvgIpc) is 3.05. The minimum Gasteiger partial charge on any atom is -0.373 e. The Morgan fingerprint density at radius 3 is 1.94 bits per heavy atom. The first-order valence-electron chi connectivity index (χ1n) is 7.30. The summed E-state index contributed by atoms with van der Waals surface area (Å²) in [5.74, 6) is -0.135. The van der Waals surface area contributed by atoms with Crippen molar-refractivity contribution in [2.45, 2.75) is 63.2 Å². The number of fused-ring (bicyclic) bond motifs is 5.